The molecule has 6 heteroatoms. The van der Waals surface area contributed by atoms with Crippen LogP contribution in [-0.4, -0.2) is 36.4 Å². The van der Waals surface area contributed by atoms with Gasteiger partial charge in [0.25, 0.3) is 5.91 Å². The van der Waals surface area contributed by atoms with Gasteiger partial charge in [0.2, 0.25) is 0 Å². The van der Waals surface area contributed by atoms with Crippen molar-refractivity contribution in [1.29, 1.82) is 0 Å². The SMILES string of the molecule is CN(C)c1ccc(C(=O)N/N=C/c2ccc(O)c(O)c2)cc1. The van der Waals surface area contributed by atoms with Crippen LogP contribution >= 0.6 is 0 Å². The second-order valence-electron chi connectivity index (χ2n) is 4.89. The second kappa shape index (κ2) is 6.62. The summed E-state index contributed by atoms with van der Waals surface area (Å²) in [6.45, 7) is 0. The third-order valence-corrected chi connectivity index (χ3v) is 3.03. The van der Waals surface area contributed by atoms with Crippen LogP contribution in [0.15, 0.2) is 47.6 Å². The summed E-state index contributed by atoms with van der Waals surface area (Å²) in [5, 5.41) is 22.4. The second-order valence-corrected chi connectivity index (χ2v) is 4.89. The molecule has 22 heavy (non-hydrogen) atoms. The summed E-state index contributed by atoms with van der Waals surface area (Å²) in [6.07, 6.45) is 1.38. The first kappa shape index (κ1) is 15.4. The van der Waals surface area contributed by atoms with Gasteiger partial charge in [-0.25, -0.2) is 5.43 Å². The fraction of sp³-hybridized carbons (Fsp3) is 0.125. The van der Waals surface area contributed by atoms with Crippen molar-refractivity contribution in [2.24, 2.45) is 5.10 Å². The van der Waals surface area contributed by atoms with Crippen molar-refractivity contribution >= 4 is 17.8 Å². The van der Waals surface area contributed by atoms with Crippen LogP contribution in [0, 0.1) is 0 Å². The van der Waals surface area contributed by atoms with Crippen LogP contribution in [-0.2, 0) is 0 Å². The van der Waals surface area contributed by atoms with Gasteiger partial charge in [-0.3, -0.25) is 4.79 Å². The normalized spacial score (nSPS) is 10.6. The highest BCUT2D eigenvalue weighted by molar-refractivity contribution is 5.95. The van der Waals surface area contributed by atoms with E-state index in [2.05, 4.69) is 10.5 Å². The molecule has 6 nitrogen and oxygen atoms in total. The van der Waals surface area contributed by atoms with Crippen LogP contribution in [0.25, 0.3) is 0 Å². The van der Waals surface area contributed by atoms with Crippen LogP contribution in [0.1, 0.15) is 15.9 Å². The molecular formula is C16H17N3O3. The zero-order chi connectivity index (χ0) is 16.1. The third-order valence-electron chi connectivity index (χ3n) is 3.03. The average Bonchev–Trinajstić information content (AvgIpc) is 2.51. The van der Waals surface area contributed by atoms with E-state index in [4.69, 9.17) is 0 Å². The molecule has 0 spiro atoms. The molecule has 1 amide bonds. The lowest BCUT2D eigenvalue weighted by molar-refractivity contribution is 0.0955. The molecule has 2 aromatic carbocycles. The number of carbonyl (C=O) groups excluding carboxylic acids is 1. The van der Waals surface area contributed by atoms with Crippen molar-refractivity contribution in [2.75, 3.05) is 19.0 Å². The Labute approximate surface area is 128 Å². The molecule has 0 aliphatic carbocycles. The third kappa shape index (κ3) is 3.76. The Morgan fingerprint density at radius 1 is 1.09 bits per heavy atom. The molecule has 0 radical (unpaired) electrons. The quantitative estimate of drug-likeness (QED) is 0.457. The van der Waals surface area contributed by atoms with Crippen LogP contribution in [0.4, 0.5) is 5.69 Å². The highest BCUT2D eigenvalue weighted by Crippen LogP contribution is 2.23. The predicted molar refractivity (Wildman–Crippen MR) is 85.6 cm³/mol. The van der Waals surface area contributed by atoms with Gasteiger partial charge in [-0.15, -0.1) is 0 Å². The minimum atomic E-state index is -0.329. The average molecular weight is 299 g/mol. The Morgan fingerprint density at radius 3 is 2.36 bits per heavy atom. The summed E-state index contributed by atoms with van der Waals surface area (Å²) >= 11 is 0. The first-order valence-corrected chi connectivity index (χ1v) is 6.60. The van der Waals surface area contributed by atoms with Gasteiger partial charge in [0.1, 0.15) is 0 Å². The molecule has 0 saturated heterocycles. The molecule has 0 aliphatic rings. The zero-order valence-electron chi connectivity index (χ0n) is 12.3. The molecule has 0 aromatic heterocycles. The number of hydrogen-bond acceptors (Lipinski definition) is 5. The Morgan fingerprint density at radius 2 is 1.77 bits per heavy atom. The largest absolute Gasteiger partial charge is 0.504 e. The van der Waals surface area contributed by atoms with Crippen LogP contribution in [0.2, 0.25) is 0 Å². The number of phenols is 2. The summed E-state index contributed by atoms with van der Waals surface area (Å²) in [5.74, 6) is -0.777. The molecule has 0 fully saturated rings. The van der Waals surface area contributed by atoms with Crippen molar-refractivity contribution in [1.82, 2.24) is 5.43 Å². The highest BCUT2D eigenvalue weighted by atomic mass is 16.3. The summed E-state index contributed by atoms with van der Waals surface area (Å²) in [4.78, 5) is 13.9. The fourth-order valence-electron chi connectivity index (χ4n) is 1.76. The van der Waals surface area contributed by atoms with E-state index in [9.17, 15) is 15.0 Å². The minimum Gasteiger partial charge on any atom is -0.504 e. The van der Waals surface area contributed by atoms with Gasteiger partial charge in [0, 0.05) is 25.3 Å². The number of hydrogen-bond donors (Lipinski definition) is 3. The summed E-state index contributed by atoms with van der Waals surface area (Å²) in [5.41, 5.74) is 4.45. The number of nitrogens with zero attached hydrogens (tertiary/aromatic N) is 2. The Hall–Kier alpha value is -3.02. The molecule has 114 valence electrons. The molecule has 2 aromatic rings. The molecule has 2 rings (SSSR count). The number of anilines is 1. The van der Waals surface area contributed by atoms with Gasteiger partial charge in [-0.2, -0.15) is 5.10 Å². The van der Waals surface area contributed by atoms with Gasteiger partial charge in [-0.1, -0.05) is 0 Å². The molecule has 3 N–H and O–H groups in total. The highest BCUT2D eigenvalue weighted by Gasteiger charge is 2.04. The minimum absolute atomic E-state index is 0.206. The van der Waals surface area contributed by atoms with E-state index in [1.807, 2.05) is 31.1 Å². The molecule has 0 unspecified atom stereocenters. The Kier molecular flexibility index (Phi) is 4.63. The summed E-state index contributed by atoms with van der Waals surface area (Å²) < 4.78 is 0. The van der Waals surface area contributed by atoms with Crippen molar-refractivity contribution < 1.29 is 15.0 Å². The number of rotatable bonds is 4. The lowest BCUT2D eigenvalue weighted by Gasteiger charge is -2.12. The Balaban J connectivity index is 1.99. The van der Waals surface area contributed by atoms with Crippen molar-refractivity contribution in [3.63, 3.8) is 0 Å². The van der Waals surface area contributed by atoms with E-state index in [0.29, 0.717) is 11.1 Å². The number of amides is 1. The maximum absolute atomic E-state index is 11.9. The maximum Gasteiger partial charge on any atom is 0.271 e. The van der Waals surface area contributed by atoms with Crippen molar-refractivity contribution in [3.05, 3.63) is 53.6 Å². The fourth-order valence-corrected chi connectivity index (χ4v) is 1.76. The first-order chi connectivity index (χ1) is 10.5. The first-order valence-electron chi connectivity index (χ1n) is 6.60. The molecule has 0 bridgehead atoms. The predicted octanol–water partition coefficient (Wildman–Crippen LogP) is 1.93. The zero-order valence-corrected chi connectivity index (χ0v) is 12.3. The number of hydrazone groups is 1. The van der Waals surface area contributed by atoms with E-state index in [-0.39, 0.29) is 17.4 Å². The Bertz CT molecular complexity index is 694. The van der Waals surface area contributed by atoms with E-state index < -0.39 is 0 Å². The maximum atomic E-state index is 11.9. The lowest BCUT2D eigenvalue weighted by Crippen LogP contribution is -2.17. The molecule has 0 atom stereocenters. The van der Waals surface area contributed by atoms with Crippen LogP contribution < -0.4 is 10.3 Å². The summed E-state index contributed by atoms with van der Waals surface area (Å²) in [7, 11) is 3.85. The van der Waals surface area contributed by atoms with E-state index in [1.54, 1.807) is 18.2 Å². The van der Waals surface area contributed by atoms with Gasteiger partial charge in [-0.05, 0) is 48.0 Å². The molecule has 0 aliphatic heterocycles. The van der Waals surface area contributed by atoms with Gasteiger partial charge < -0.3 is 15.1 Å². The van der Waals surface area contributed by atoms with E-state index >= 15 is 0 Å². The van der Waals surface area contributed by atoms with E-state index in [1.165, 1.54) is 18.3 Å². The van der Waals surface area contributed by atoms with E-state index in [0.717, 1.165) is 5.69 Å². The van der Waals surface area contributed by atoms with Crippen molar-refractivity contribution in [2.45, 2.75) is 0 Å². The number of nitrogens with one attached hydrogen (secondary N) is 1. The molecular weight excluding hydrogens is 282 g/mol. The number of phenolic OH excluding ortho intramolecular Hbond substituents is 2. The topological polar surface area (TPSA) is 85.2 Å². The number of aromatic hydroxyl groups is 2. The van der Waals surface area contributed by atoms with Gasteiger partial charge >= 0.3 is 0 Å². The standard InChI is InChI=1S/C16H17N3O3/c1-19(2)13-6-4-12(5-7-13)16(22)18-17-10-11-3-8-14(20)15(21)9-11/h3-10,20-21H,1-2H3,(H,18,22)/b17-10+. The van der Waals surface area contributed by atoms with Crippen LogP contribution in [0.3, 0.4) is 0 Å². The smallest absolute Gasteiger partial charge is 0.271 e. The van der Waals surface area contributed by atoms with Gasteiger partial charge in [0.05, 0.1) is 6.21 Å². The number of benzene rings is 2. The summed E-state index contributed by atoms with van der Waals surface area (Å²) in [6, 6.07) is 11.4. The number of carbonyl (C=O) groups is 1. The lowest BCUT2D eigenvalue weighted by atomic mass is 10.2. The van der Waals surface area contributed by atoms with Crippen molar-refractivity contribution in [3.8, 4) is 11.5 Å². The molecule has 0 saturated carbocycles. The monoisotopic (exact) mass is 299 g/mol. The molecule has 0 heterocycles. The van der Waals surface area contributed by atoms with Crippen LogP contribution in [0.5, 0.6) is 11.5 Å². The van der Waals surface area contributed by atoms with Gasteiger partial charge in [0.15, 0.2) is 11.5 Å².